The summed E-state index contributed by atoms with van der Waals surface area (Å²) in [6.45, 7) is 3.43. The summed E-state index contributed by atoms with van der Waals surface area (Å²) in [6.07, 6.45) is -2.54. The Balaban J connectivity index is 1.88. The molecule has 0 amide bonds. The molecule has 3 heterocycles. The van der Waals surface area contributed by atoms with Crippen molar-refractivity contribution in [2.24, 2.45) is 5.92 Å². The highest BCUT2D eigenvalue weighted by Crippen LogP contribution is 2.30. The summed E-state index contributed by atoms with van der Waals surface area (Å²) in [5.41, 5.74) is -0.738. The third-order valence-corrected chi connectivity index (χ3v) is 4.89. The van der Waals surface area contributed by atoms with E-state index in [0.717, 1.165) is 32.1 Å². The summed E-state index contributed by atoms with van der Waals surface area (Å²) in [7, 11) is 2.00. The summed E-state index contributed by atoms with van der Waals surface area (Å²) < 4.78 is 38.1. The number of aliphatic hydroxyl groups is 1. The lowest BCUT2D eigenvalue weighted by Crippen LogP contribution is -2.35. The number of pyridine rings is 1. The molecular weight excluding hydrogens is 361 g/mol. The van der Waals surface area contributed by atoms with E-state index >= 15 is 0 Å². The lowest BCUT2D eigenvalue weighted by atomic mass is 9.90. The van der Waals surface area contributed by atoms with Crippen molar-refractivity contribution in [2.75, 3.05) is 20.1 Å². The van der Waals surface area contributed by atoms with Gasteiger partial charge in [0.2, 0.25) is 0 Å². The Bertz CT molecular complexity index is 882. The molecular formula is C18H21F3N4O2. The molecule has 1 fully saturated rings. The van der Waals surface area contributed by atoms with Crippen LogP contribution < -0.4 is 5.43 Å². The number of aliphatic hydroxyl groups excluding tert-OH is 1. The van der Waals surface area contributed by atoms with Gasteiger partial charge >= 0.3 is 6.18 Å². The van der Waals surface area contributed by atoms with Crippen LogP contribution in [0.15, 0.2) is 23.1 Å². The minimum atomic E-state index is -4.63. The standard InChI is InChI=1S/C18H21F3N4O2/c1-10-6-13(17(27)11-4-3-5-25(2)9-11)23-24-16(10)12-8-22-15(7-14(12)26)18(19,20)21/h6-8,11,17,27H,3-5,9H2,1-2H3,(H,22,26). The number of aromatic amines is 1. The van der Waals surface area contributed by atoms with E-state index in [4.69, 9.17) is 0 Å². The van der Waals surface area contributed by atoms with Crippen LogP contribution in [0.25, 0.3) is 11.3 Å². The Morgan fingerprint density at radius 1 is 1.33 bits per heavy atom. The summed E-state index contributed by atoms with van der Waals surface area (Å²) in [5.74, 6) is 0.0396. The molecule has 3 rings (SSSR count). The Morgan fingerprint density at radius 2 is 2.07 bits per heavy atom. The highest BCUT2D eigenvalue weighted by atomic mass is 19.4. The molecule has 0 radical (unpaired) electrons. The zero-order chi connectivity index (χ0) is 19.8. The first-order valence-corrected chi connectivity index (χ1v) is 8.68. The Hall–Kier alpha value is -2.26. The van der Waals surface area contributed by atoms with Gasteiger partial charge in [-0.15, -0.1) is 5.10 Å². The fourth-order valence-electron chi connectivity index (χ4n) is 3.44. The van der Waals surface area contributed by atoms with E-state index in [1.165, 1.54) is 0 Å². The first-order chi connectivity index (χ1) is 12.7. The second-order valence-electron chi connectivity index (χ2n) is 7.03. The zero-order valence-corrected chi connectivity index (χ0v) is 15.0. The maximum Gasteiger partial charge on any atom is 0.431 e. The fourth-order valence-corrected chi connectivity index (χ4v) is 3.44. The molecule has 1 aliphatic rings. The van der Waals surface area contributed by atoms with Crippen molar-refractivity contribution in [3.05, 3.63) is 45.5 Å². The molecule has 27 heavy (non-hydrogen) atoms. The maximum atomic E-state index is 12.7. The molecule has 1 saturated heterocycles. The number of piperidine rings is 1. The van der Waals surface area contributed by atoms with Gasteiger partial charge in [0.05, 0.1) is 11.3 Å². The van der Waals surface area contributed by atoms with E-state index in [1.54, 1.807) is 13.0 Å². The second-order valence-corrected chi connectivity index (χ2v) is 7.03. The molecule has 0 spiro atoms. The molecule has 1 aliphatic heterocycles. The van der Waals surface area contributed by atoms with Gasteiger partial charge in [-0.3, -0.25) is 4.79 Å². The quantitative estimate of drug-likeness (QED) is 0.853. The number of aryl methyl sites for hydroxylation is 1. The molecule has 2 unspecified atom stereocenters. The fraction of sp³-hybridized carbons (Fsp3) is 0.500. The van der Waals surface area contributed by atoms with E-state index in [-0.39, 0.29) is 17.2 Å². The molecule has 2 N–H and O–H groups in total. The molecule has 2 atom stereocenters. The van der Waals surface area contributed by atoms with Gasteiger partial charge in [-0.25, -0.2) is 0 Å². The molecule has 0 saturated carbocycles. The van der Waals surface area contributed by atoms with Crippen molar-refractivity contribution in [1.29, 1.82) is 0 Å². The van der Waals surface area contributed by atoms with Gasteiger partial charge in [0.25, 0.3) is 0 Å². The first-order valence-electron chi connectivity index (χ1n) is 8.68. The van der Waals surface area contributed by atoms with Gasteiger partial charge in [-0.05, 0) is 45.0 Å². The highest BCUT2D eigenvalue weighted by Gasteiger charge is 2.32. The van der Waals surface area contributed by atoms with E-state index in [2.05, 4.69) is 20.1 Å². The molecule has 9 heteroatoms. The molecule has 0 bridgehead atoms. The van der Waals surface area contributed by atoms with Crippen LogP contribution >= 0.6 is 0 Å². The average Bonchev–Trinajstić information content (AvgIpc) is 2.60. The van der Waals surface area contributed by atoms with Crippen molar-refractivity contribution in [3.8, 4) is 11.3 Å². The summed E-state index contributed by atoms with van der Waals surface area (Å²) in [5, 5.41) is 18.7. The van der Waals surface area contributed by atoms with Crippen molar-refractivity contribution >= 4 is 0 Å². The van der Waals surface area contributed by atoms with Gasteiger partial charge in [0.1, 0.15) is 17.5 Å². The van der Waals surface area contributed by atoms with Crippen LogP contribution in [0.1, 0.15) is 35.9 Å². The Morgan fingerprint density at radius 3 is 2.67 bits per heavy atom. The predicted molar refractivity (Wildman–Crippen MR) is 93.0 cm³/mol. The Kier molecular flexibility index (Phi) is 5.34. The van der Waals surface area contributed by atoms with Crippen LogP contribution in [-0.4, -0.2) is 45.3 Å². The first kappa shape index (κ1) is 19.5. The molecule has 146 valence electrons. The van der Waals surface area contributed by atoms with Crippen molar-refractivity contribution < 1.29 is 18.3 Å². The van der Waals surface area contributed by atoms with Crippen molar-refractivity contribution in [1.82, 2.24) is 20.1 Å². The van der Waals surface area contributed by atoms with Crippen LogP contribution in [0.2, 0.25) is 0 Å². The number of halogens is 3. The number of aromatic nitrogens is 3. The number of hydrogen-bond donors (Lipinski definition) is 2. The smallest absolute Gasteiger partial charge is 0.386 e. The number of hydrogen-bond acceptors (Lipinski definition) is 5. The second kappa shape index (κ2) is 7.40. The van der Waals surface area contributed by atoms with Crippen molar-refractivity contribution in [2.45, 2.75) is 32.0 Å². The summed E-state index contributed by atoms with van der Waals surface area (Å²) >= 11 is 0. The minimum absolute atomic E-state index is 0.00596. The summed E-state index contributed by atoms with van der Waals surface area (Å²) in [4.78, 5) is 16.3. The van der Waals surface area contributed by atoms with Gasteiger partial charge in [0, 0.05) is 24.7 Å². The highest BCUT2D eigenvalue weighted by molar-refractivity contribution is 5.61. The topological polar surface area (TPSA) is 82.1 Å². The van der Waals surface area contributed by atoms with Crippen LogP contribution in [-0.2, 0) is 6.18 Å². The Labute approximate surface area is 154 Å². The SMILES string of the molecule is Cc1cc(C(O)C2CCCN(C)C2)nnc1-c1c[nH]c(C(F)(F)F)cc1=O. The van der Waals surface area contributed by atoms with Gasteiger partial charge in [0.15, 0.2) is 5.43 Å². The molecule has 2 aromatic rings. The largest absolute Gasteiger partial charge is 0.431 e. The third-order valence-electron chi connectivity index (χ3n) is 4.89. The number of nitrogens with one attached hydrogen (secondary N) is 1. The van der Waals surface area contributed by atoms with Gasteiger partial charge < -0.3 is 15.0 Å². The number of H-pyrrole nitrogens is 1. The lowest BCUT2D eigenvalue weighted by molar-refractivity contribution is -0.141. The van der Waals surface area contributed by atoms with Gasteiger partial charge in [-0.1, -0.05) is 0 Å². The van der Waals surface area contributed by atoms with Crippen LogP contribution in [0.5, 0.6) is 0 Å². The number of rotatable bonds is 3. The lowest BCUT2D eigenvalue weighted by Gasteiger charge is -2.32. The minimum Gasteiger partial charge on any atom is -0.386 e. The molecule has 0 aromatic carbocycles. The van der Waals surface area contributed by atoms with Crippen LogP contribution in [0.3, 0.4) is 0 Å². The maximum absolute atomic E-state index is 12.7. The molecule has 0 aliphatic carbocycles. The zero-order valence-electron chi connectivity index (χ0n) is 15.0. The summed E-state index contributed by atoms with van der Waals surface area (Å²) in [6, 6.07) is 2.15. The van der Waals surface area contributed by atoms with Crippen LogP contribution in [0.4, 0.5) is 13.2 Å². The van der Waals surface area contributed by atoms with E-state index in [0.29, 0.717) is 17.3 Å². The average molecular weight is 382 g/mol. The van der Waals surface area contributed by atoms with E-state index in [1.807, 2.05) is 7.05 Å². The van der Waals surface area contributed by atoms with E-state index in [9.17, 15) is 23.1 Å². The molecule has 2 aromatic heterocycles. The van der Waals surface area contributed by atoms with E-state index < -0.39 is 23.4 Å². The monoisotopic (exact) mass is 382 g/mol. The predicted octanol–water partition coefficient (Wildman–Crippen LogP) is 2.53. The van der Waals surface area contributed by atoms with Gasteiger partial charge in [-0.2, -0.15) is 18.3 Å². The molecule has 6 nitrogen and oxygen atoms in total. The number of nitrogens with zero attached hydrogens (tertiary/aromatic N) is 3. The number of likely N-dealkylation sites (tertiary alicyclic amines) is 1. The normalized spacial score (nSPS) is 19.9. The van der Waals surface area contributed by atoms with Crippen molar-refractivity contribution in [3.63, 3.8) is 0 Å². The number of alkyl halides is 3. The van der Waals surface area contributed by atoms with Crippen LogP contribution in [0, 0.1) is 12.8 Å². The third kappa shape index (κ3) is 4.19.